The molecule has 2 heterocycles. The Hall–Kier alpha value is -4.10. The van der Waals surface area contributed by atoms with Crippen LogP contribution in [0.3, 0.4) is 0 Å². The number of hydrogen-bond donors (Lipinski definition) is 1. The summed E-state index contributed by atoms with van der Waals surface area (Å²) in [4.78, 5) is 25.5. The third-order valence-electron chi connectivity index (χ3n) is 5.76. The zero-order valence-electron chi connectivity index (χ0n) is 22.0. The molecule has 0 fully saturated rings. The monoisotopic (exact) mass is 602 g/mol. The van der Waals surface area contributed by atoms with Crippen molar-refractivity contribution in [1.82, 2.24) is 14.8 Å². The zero-order valence-corrected chi connectivity index (χ0v) is 23.7. The Balaban J connectivity index is 1.44. The molecule has 0 spiro atoms. The molecule has 0 aliphatic carbocycles. The quantitative estimate of drug-likeness (QED) is 0.117. The Bertz CT molecular complexity index is 1550. The Labute approximate surface area is 242 Å². The van der Waals surface area contributed by atoms with Gasteiger partial charge < -0.3 is 14.8 Å². The lowest BCUT2D eigenvalue weighted by atomic mass is 10.0. The van der Waals surface area contributed by atoms with Crippen molar-refractivity contribution in [3.8, 4) is 16.9 Å². The van der Waals surface area contributed by atoms with Crippen LogP contribution in [0.2, 0.25) is 0 Å². The molecule has 214 valence electrons. The molecular weight excluding hydrogens is 577 g/mol. The van der Waals surface area contributed by atoms with Crippen LogP contribution in [-0.4, -0.2) is 39.5 Å². The van der Waals surface area contributed by atoms with Crippen molar-refractivity contribution in [2.24, 2.45) is 0 Å². The van der Waals surface area contributed by atoms with Gasteiger partial charge in [0, 0.05) is 17.5 Å². The van der Waals surface area contributed by atoms with Crippen LogP contribution < -0.4 is 10.1 Å². The van der Waals surface area contributed by atoms with Crippen molar-refractivity contribution >= 4 is 40.0 Å². The Morgan fingerprint density at radius 3 is 2.61 bits per heavy atom. The number of aromatic nitrogens is 3. The lowest BCUT2D eigenvalue weighted by molar-refractivity contribution is -0.137. The SMILES string of the molecule is C=CCn1c(COc2cccc(C(F)(F)F)c2)nnc1SCC(=O)Nc1scc(-c2ccc(C)cc2)c1C(=O)OC. The summed E-state index contributed by atoms with van der Waals surface area (Å²) < 4.78 is 51.2. The molecule has 2 aromatic heterocycles. The first-order chi connectivity index (χ1) is 19.6. The van der Waals surface area contributed by atoms with Gasteiger partial charge in [-0.15, -0.1) is 28.1 Å². The van der Waals surface area contributed by atoms with E-state index in [0.29, 0.717) is 21.5 Å². The molecule has 13 heteroatoms. The van der Waals surface area contributed by atoms with E-state index < -0.39 is 17.7 Å². The second kappa shape index (κ2) is 13.0. The fourth-order valence-electron chi connectivity index (χ4n) is 3.75. The number of ether oxygens (including phenoxy) is 2. The highest BCUT2D eigenvalue weighted by atomic mass is 32.2. The highest BCUT2D eigenvalue weighted by Gasteiger charge is 2.30. The highest BCUT2D eigenvalue weighted by Crippen LogP contribution is 2.36. The fraction of sp³-hybridized carbons (Fsp3) is 0.214. The maximum Gasteiger partial charge on any atom is 0.416 e. The first-order valence-electron chi connectivity index (χ1n) is 12.1. The average molecular weight is 603 g/mol. The number of rotatable bonds is 11. The van der Waals surface area contributed by atoms with Crippen LogP contribution in [0.5, 0.6) is 5.75 Å². The number of amides is 1. The summed E-state index contributed by atoms with van der Waals surface area (Å²) in [5, 5.41) is 13.5. The second-order valence-electron chi connectivity index (χ2n) is 8.66. The lowest BCUT2D eigenvalue weighted by Gasteiger charge is -2.11. The number of aryl methyl sites for hydroxylation is 1. The summed E-state index contributed by atoms with van der Waals surface area (Å²) >= 11 is 2.32. The first-order valence-corrected chi connectivity index (χ1v) is 14.0. The molecule has 0 unspecified atom stereocenters. The van der Waals surface area contributed by atoms with Gasteiger partial charge in [0.05, 0.1) is 18.4 Å². The highest BCUT2D eigenvalue weighted by molar-refractivity contribution is 7.99. The van der Waals surface area contributed by atoms with Gasteiger partial charge in [-0.1, -0.05) is 53.7 Å². The predicted octanol–water partition coefficient (Wildman–Crippen LogP) is 6.62. The van der Waals surface area contributed by atoms with E-state index in [1.807, 2.05) is 31.2 Å². The van der Waals surface area contributed by atoms with E-state index in [4.69, 9.17) is 9.47 Å². The van der Waals surface area contributed by atoms with Crippen LogP contribution in [0.4, 0.5) is 18.2 Å². The largest absolute Gasteiger partial charge is 0.486 e. The van der Waals surface area contributed by atoms with Gasteiger partial charge in [-0.2, -0.15) is 13.2 Å². The maximum atomic E-state index is 13.0. The number of halogens is 3. The van der Waals surface area contributed by atoms with Crippen LogP contribution in [0.25, 0.3) is 11.1 Å². The van der Waals surface area contributed by atoms with Crippen molar-refractivity contribution in [2.75, 3.05) is 18.2 Å². The topological polar surface area (TPSA) is 95.3 Å². The molecule has 2 aromatic carbocycles. The summed E-state index contributed by atoms with van der Waals surface area (Å²) in [7, 11) is 1.28. The maximum absolute atomic E-state index is 13.0. The number of benzene rings is 2. The number of nitrogens with zero attached hydrogens (tertiary/aromatic N) is 3. The summed E-state index contributed by atoms with van der Waals surface area (Å²) in [5.74, 6) is -0.626. The van der Waals surface area contributed by atoms with Gasteiger partial charge in [-0.3, -0.25) is 9.36 Å². The minimum Gasteiger partial charge on any atom is -0.486 e. The van der Waals surface area contributed by atoms with Crippen molar-refractivity contribution in [3.63, 3.8) is 0 Å². The number of thiophene rings is 1. The number of thioether (sulfide) groups is 1. The minimum atomic E-state index is -4.49. The predicted molar refractivity (Wildman–Crippen MR) is 151 cm³/mol. The molecule has 0 atom stereocenters. The van der Waals surface area contributed by atoms with Gasteiger partial charge >= 0.3 is 12.1 Å². The smallest absolute Gasteiger partial charge is 0.416 e. The van der Waals surface area contributed by atoms with E-state index in [2.05, 4.69) is 22.1 Å². The molecule has 0 saturated heterocycles. The van der Waals surface area contributed by atoms with Crippen molar-refractivity contribution in [1.29, 1.82) is 0 Å². The number of alkyl halides is 3. The third kappa shape index (κ3) is 7.35. The molecule has 0 saturated carbocycles. The molecule has 1 amide bonds. The van der Waals surface area contributed by atoms with Crippen LogP contribution in [0.15, 0.2) is 71.7 Å². The van der Waals surface area contributed by atoms with Gasteiger partial charge in [0.25, 0.3) is 0 Å². The van der Waals surface area contributed by atoms with E-state index in [0.717, 1.165) is 35.0 Å². The van der Waals surface area contributed by atoms with Crippen LogP contribution >= 0.6 is 23.1 Å². The molecule has 4 rings (SSSR count). The zero-order chi connectivity index (χ0) is 29.6. The lowest BCUT2D eigenvalue weighted by Crippen LogP contribution is -2.16. The molecule has 0 radical (unpaired) electrons. The van der Waals surface area contributed by atoms with Gasteiger partial charge in [0.2, 0.25) is 5.91 Å². The Morgan fingerprint density at radius 2 is 1.93 bits per heavy atom. The number of allylic oxidation sites excluding steroid dienone is 1. The summed E-state index contributed by atoms with van der Waals surface area (Å²) in [6.07, 6.45) is -2.89. The van der Waals surface area contributed by atoms with E-state index in [1.165, 1.54) is 30.6 Å². The molecular formula is C28H25F3N4O4S2. The Kier molecular flexibility index (Phi) is 9.50. The van der Waals surface area contributed by atoms with Crippen molar-refractivity contribution < 1.29 is 32.2 Å². The number of esters is 1. The number of methoxy groups -OCH3 is 1. The van der Waals surface area contributed by atoms with E-state index in [1.54, 1.807) is 16.0 Å². The van der Waals surface area contributed by atoms with Crippen LogP contribution in [0, 0.1) is 6.92 Å². The second-order valence-corrected chi connectivity index (χ2v) is 10.5. The minimum absolute atomic E-state index is 0.0314. The van der Waals surface area contributed by atoms with E-state index >= 15 is 0 Å². The van der Waals surface area contributed by atoms with Gasteiger partial charge in [0.15, 0.2) is 11.0 Å². The standard InChI is InChI=1S/C28H25F3N4O4S2/c1-4-12-35-22(14-39-20-7-5-6-19(13-20)28(29,30)31)33-34-27(35)41-16-23(36)32-25-24(26(37)38-3)21(15-40-25)18-10-8-17(2)9-11-18/h4-11,13,15H,1,12,14,16H2,2-3H3,(H,32,36). The molecule has 41 heavy (non-hydrogen) atoms. The first kappa shape index (κ1) is 29.9. The summed E-state index contributed by atoms with van der Waals surface area (Å²) in [5.41, 5.74) is 1.99. The van der Waals surface area contributed by atoms with Crippen molar-refractivity contribution in [2.45, 2.75) is 31.4 Å². The van der Waals surface area contributed by atoms with Crippen LogP contribution in [-0.2, 0) is 28.9 Å². The third-order valence-corrected chi connectivity index (χ3v) is 7.63. The van der Waals surface area contributed by atoms with Gasteiger partial charge in [0.1, 0.15) is 22.9 Å². The number of nitrogens with one attached hydrogen (secondary N) is 1. The molecule has 0 bridgehead atoms. The molecule has 0 aliphatic rings. The summed E-state index contributed by atoms with van der Waals surface area (Å²) in [6, 6.07) is 12.2. The number of carbonyl (C=O) groups is 2. The van der Waals surface area contributed by atoms with E-state index in [9.17, 15) is 22.8 Å². The number of hydrogen-bond acceptors (Lipinski definition) is 8. The molecule has 0 aliphatic heterocycles. The fourth-order valence-corrected chi connectivity index (χ4v) is 5.49. The number of carbonyl (C=O) groups excluding carboxylic acids is 2. The average Bonchev–Trinajstić information content (AvgIpc) is 3.54. The molecule has 1 N–H and O–H groups in total. The molecule has 8 nitrogen and oxygen atoms in total. The Morgan fingerprint density at radius 1 is 1.17 bits per heavy atom. The van der Waals surface area contributed by atoms with E-state index in [-0.39, 0.29) is 36.1 Å². The molecule has 4 aromatic rings. The number of anilines is 1. The summed E-state index contributed by atoms with van der Waals surface area (Å²) in [6.45, 7) is 5.82. The van der Waals surface area contributed by atoms with Crippen LogP contribution in [0.1, 0.15) is 27.3 Å². The normalized spacial score (nSPS) is 11.2. The van der Waals surface area contributed by atoms with Gasteiger partial charge in [-0.05, 0) is 30.7 Å². The van der Waals surface area contributed by atoms with Gasteiger partial charge in [-0.25, -0.2) is 4.79 Å². The van der Waals surface area contributed by atoms with Crippen molar-refractivity contribution in [3.05, 3.63) is 89.1 Å².